The highest BCUT2D eigenvalue weighted by Gasteiger charge is 2.12. The van der Waals surface area contributed by atoms with Gasteiger partial charge in [-0.3, -0.25) is 4.79 Å². The lowest BCUT2D eigenvalue weighted by atomic mass is 10.1. The van der Waals surface area contributed by atoms with Gasteiger partial charge < -0.3 is 15.4 Å². The molecule has 0 bridgehead atoms. The monoisotopic (exact) mass is 327 g/mol. The van der Waals surface area contributed by atoms with E-state index in [1.165, 1.54) is 6.92 Å². The SMILES string of the molecule is CCOC(=O)c1cccnc1NCCc1ccc(NC(C)=O)cc1. The first kappa shape index (κ1) is 17.5. The van der Waals surface area contributed by atoms with Crippen LogP contribution in [0.3, 0.4) is 0 Å². The van der Waals surface area contributed by atoms with E-state index in [0.29, 0.717) is 24.5 Å². The summed E-state index contributed by atoms with van der Waals surface area (Å²) >= 11 is 0. The highest BCUT2D eigenvalue weighted by molar-refractivity contribution is 5.94. The summed E-state index contributed by atoms with van der Waals surface area (Å²) in [7, 11) is 0. The van der Waals surface area contributed by atoms with Gasteiger partial charge in [0.2, 0.25) is 5.91 Å². The third-order valence-electron chi connectivity index (χ3n) is 3.28. The highest BCUT2D eigenvalue weighted by Crippen LogP contribution is 2.14. The van der Waals surface area contributed by atoms with Crippen molar-refractivity contribution in [3.05, 3.63) is 53.7 Å². The molecule has 1 heterocycles. The number of amides is 1. The van der Waals surface area contributed by atoms with Gasteiger partial charge in [0.25, 0.3) is 0 Å². The largest absolute Gasteiger partial charge is 0.462 e. The van der Waals surface area contributed by atoms with Crippen LogP contribution in [0, 0.1) is 0 Å². The standard InChI is InChI=1S/C18H21N3O3/c1-3-24-18(23)16-5-4-11-19-17(16)20-12-10-14-6-8-15(9-7-14)21-13(2)22/h4-9,11H,3,10,12H2,1-2H3,(H,19,20)(H,21,22). The van der Waals surface area contributed by atoms with E-state index in [4.69, 9.17) is 4.74 Å². The molecule has 6 nitrogen and oxygen atoms in total. The average Bonchev–Trinajstić information content (AvgIpc) is 2.56. The Bertz CT molecular complexity index is 699. The summed E-state index contributed by atoms with van der Waals surface area (Å²) in [5, 5.41) is 5.90. The predicted molar refractivity (Wildman–Crippen MR) is 93.1 cm³/mol. The van der Waals surface area contributed by atoms with Gasteiger partial charge in [0.1, 0.15) is 11.4 Å². The van der Waals surface area contributed by atoms with E-state index in [1.807, 2.05) is 24.3 Å². The third-order valence-corrected chi connectivity index (χ3v) is 3.28. The molecule has 1 amide bonds. The summed E-state index contributed by atoms with van der Waals surface area (Å²) in [5.74, 6) is 0.0460. The minimum absolute atomic E-state index is 0.0916. The number of aromatic nitrogens is 1. The van der Waals surface area contributed by atoms with E-state index in [2.05, 4.69) is 15.6 Å². The minimum Gasteiger partial charge on any atom is -0.462 e. The van der Waals surface area contributed by atoms with E-state index in [1.54, 1.807) is 25.3 Å². The minimum atomic E-state index is -0.382. The molecular formula is C18H21N3O3. The summed E-state index contributed by atoms with van der Waals surface area (Å²) in [4.78, 5) is 27.1. The molecule has 0 radical (unpaired) electrons. The van der Waals surface area contributed by atoms with Gasteiger partial charge in [0.05, 0.1) is 6.61 Å². The van der Waals surface area contributed by atoms with Crippen LogP contribution >= 0.6 is 0 Å². The molecule has 0 spiro atoms. The van der Waals surface area contributed by atoms with Crippen molar-refractivity contribution in [2.75, 3.05) is 23.8 Å². The highest BCUT2D eigenvalue weighted by atomic mass is 16.5. The molecule has 0 saturated heterocycles. The van der Waals surface area contributed by atoms with Crippen molar-refractivity contribution in [1.29, 1.82) is 0 Å². The van der Waals surface area contributed by atoms with E-state index < -0.39 is 0 Å². The Balaban J connectivity index is 1.92. The summed E-state index contributed by atoms with van der Waals surface area (Å²) in [5.41, 5.74) is 2.32. The van der Waals surface area contributed by atoms with E-state index in [9.17, 15) is 9.59 Å². The lowest BCUT2D eigenvalue weighted by molar-refractivity contribution is -0.114. The quantitative estimate of drug-likeness (QED) is 0.764. The normalized spacial score (nSPS) is 10.1. The molecule has 0 aliphatic heterocycles. The van der Waals surface area contributed by atoms with Crippen LogP contribution in [0.25, 0.3) is 0 Å². The third kappa shape index (κ3) is 5.08. The molecule has 0 fully saturated rings. The number of carbonyl (C=O) groups excluding carboxylic acids is 2. The van der Waals surface area contributed by atoms with Gasteiger partial charge in [-0.1, -0.05) is 12.1 Å². The molecule has 6 heteroatoms. The summed E-state index contributed by atoms with van der Waals surface area (Å²) in [6.45, 7) is 4.20. The fourth-order valence-electron chi connectivity index (χ4n) is 2.20. The number of nitrogens with zero attached hydrogens (tertiary/aromatic N) is 1. The van der Waals surface area contributed by atoms with Crippen LogP contribution in [0.2, 0.25) is 0 Å². The van der Waals surface area contributed by atoms with Crippen LogP contribution in [-0.2, 0) is 16.0 Å². The Morgan fingerprint density at radius 1 is 1.17 bits per heavy atom. The van der Waals surface area contributed by atoms with Gasteiger partial charge in [-0.2, -0.15) is 0 Å². The van der Waals surface area contributed by atoms with Crippen molar-refractivity contribution in [2.24, 2.45) is 0 Å². The number of hydrogen-bond donors (Lipinski definition) is 2. The molecule has 0 aliphatic carbocycles. The molecule has 2 aromatic rings. The van der Waals surface area contributed by atoms with Crippen molar-refractivity contribution in [3.8, 4) is 0 Å². The molecule has 2 rings (SSSR count). The molecule has 0 unspecified atom stereocenters. The summed E-state index contributed by atoms with van der Waals surface area (Å²) < 4.78 is 5.02. The van der Waals surface area contributed by atoms with Crippen LogP contribution in [0.5, 0.6) is 0 Å². The van der Waals surface area contributed by atoms with Crippen molar-refractivity contribution in [3.63, 3.8) is 0 Å². The summed E-state index contributed by atoms with van der Waals surface area (Å²) in [6.07, 6.45) is 2.40. The lowest BCUT2D eigenvalue weighted by Gasteiger charge is -2.10. The van der Waals surface area contributed by atoms with Crippen molar-refractivity contribution in [2.45, 2.75) is 20.3 Å². The molecular weight excluding hydrogens is 306 g/mol. The number of carbonyl (C=O) groups is 2. The lowest BCUT2D eigenvalue weighted by Crippen LogP contribution is -2.13. The van der Waals surface area contributed by atoms with Crippen LogP contribution in [0.1, 0.15) is 29.8 Å². The molecule has 24 heavy (non-hydrogen) atoms. The maximum Gasteiger partial charge on any atom is 0.341 e. The van der Waals surface area contributed by atoms with Crippen LogP contribution in [0.4, 0.5) is 11.5 Å². The van der Waals surface area contributed by atoms with Gasteiger partial charge in [-0.05, 0) is 43.2 Å². The maximum atomic E-state index is 11.9. The van der Waals surface area contributed by atoms with Gasteiger partial charge >= 0.3 is 5.97 Å². The van der Waals surface area contributed by atoms with Crippen LogP contribution in [0.15, 0.2) is 42.6 Å². The number of esters is 1. The zero-order chi connectivity index (χ0) is 17.4. The maximum absolute atomic E-state index is 11.9. The Morgan fingerprint density at radius 3 is 2.58 bits per heavy atom. The van der Waals surface area contributed by atoms with Crippen molar-refractivity contribution < 1.29 is 14.3 Å². The second-order valence-electron chi connectivity index (χ2n) is 5.17. The fraction of sp³-hybridized carbons (Fsp3) is 0.278. The van der Waals surface area contributed by atoms with E-state index >= 15 is 0 Å². The zero-order valence-corrected chi connectivity index (χ0v) is 13.8. The molecule has 126 valence electrons. The Kier molecular flexibility index (Phi) is 6.31. The smallest absolute Gasteiger partial charge is 0.341 e. The molecule has 0 aliphatic rings. The van der Waals surface area contributed by atoms with Gasteiger partial charge in [0, 0.05) is 25.4 Å². The Labute approximate surface area is 141 Å². The van der Waals surface area contributed by atoms with E-state index in [0.717, 1.165) is 17.7 Å². The average molecular weight is 327 g/mol. The Hall–Kier alpha value is -2.89. The van der Waals surface area contributed by atoms with Gasteiger partial charge in [-0.15, -0.1) is 0 Å². The zero-order valence-electron chi connectivity index (χ0n) is 13.8. The molecule has 1 aromatic heterocycles. The molecule has 0 atom stereocenters. The fourth-order valence-corrected chi connectivity index (χ4v) is 2.20. The van der Waals surface area contributed by atoms with Gasteiger partial charge in [-0.25, -0.2) is 9.78 Å². The molecule has 0 saturated carbocycles. The number of rotatable bonds is 7. The number of benzene rings is 1. The second kappa shape index (κ2) is 8.67. The Morgan fingerprint density at radius 2 is 1.92 bits per heavy atom. The van der Waals surface area contributed by atoms with Crippen molar-refractivity contribution in [1.82, 2.24) is 4.98 Å². The van der Waals surface area contributed by atoms with Crippen LogP contribution < -0.4 is 10.6 Å². The molecule has 1 aromatic carbocycles. The van der Waals surface area contributed by atoms with Crippen LogP contribution in [-0.4, -0.2) is 30.0 Å². The number of pyridine rings is 1. The van der Waals surface area contributed by atoms with E-state index in [-0.39, 0.29) is 11.9 Å². The first-order valence-corrected chi connectivity index (χ1v) is 7.82. The predicted octanol–water partition coefficient (Wildman–Crippen LogP) is 2.87. The first-order valence-electron chi connectivity index (χ1n) is 7.82. The topological polar surface area (TPSA) is 80.3 Å². The number of anilines is 2. The van der Waals surface area contributed by atoms with Gasteiger partial charge in [0.15, 0.2) is 0 Å². The molecule has 2 N–H and O–H groups in total. The second-order valence-corrected chi connectivity index (χ2v) is 5.17. The summed E-state index contributed by atoms with van der Waals surface area (Å²) in [6, 6.07) is 11.0. The number of hydrogen-bond acceptors (Lipinski definition) is 5. The number of ether oxygens (including phenoxy) is 1. The number of nitrogens with one attached hydrogen (secondary N) is 2. The first-order chi connectivity index (χ1) is 11.6. The van der Waals surface area contributed by atoms with Crippen molar-refractivity contribution >= 4 is 23.4 Å².